The van der Waals surface area contributed by atoms with Gasteiger partial charge in [-0.3, -0.25) is 47.9 Å². The maximum atomic E-state index is 13.4. The molecule has 0 aromatic rings. The number of nitrogens with one attached hydrogen (secondary N) is 8. The van der Waals surface area contributed by atoms with E-state index in [9.17, 15) is 83.4 Å². The zero-order chi connectivity index (χ0) is 48.9. The molecule has 0 radical (unpaired) electrons. The molecule has 0 saturated carbocycles. The fraction of sp³-hybridized carbons (Fsp3) is 0.676. The van der Waals surface area contributed by atoms with E-state index in [2.05, 4.69) is 62.5 Å². The first-order chi connectivity index (χ1) is 29.3. The van der Waals surface area contributed by atoms with Crippen molar-refractivity contribution in [3.8, 4) is 0 Å². The van der Waals surface area contributed by atoms with Crippen LogP contribution >= 0.6 is 25.3 Å². The lowest BCUT2D eigenvalue weighted by molar-refractivity contribution is -0.141. The fourth-order valence-electron chi connectivity index (χ4n) is 5.06. The Morgan fingerprint density at radius 2 is 0.857 bits per heavy atom. The van der Waals surface area contributed by atoms with Gasteiger partial charge in [0.2, 0.25) is 53.2 Å². The van der Waals surface area contributed by atoms with Crippen LogP contribution in [0.3, 0.4) is 0 Å². The largest absolute Gasteiger partial charge is 0.481 e. The van der Waals surface area contributed by atoms with Gasteiger partial charge in [-0.2, -0.15) is 25.3 Å². The Morgan fingerprint density at radius 1 is 0.508 bits per heavy atom. The van der Waals surface area contributed by atoms with Crippen molar-refractivity contribution in [1.29, 1.82) is 0 Å². The number of thiol groups is 2. The number of aliphatic hydroxyl groups is 4. The van der Waals surface area contributed by atoms with Gasteiger partial charge in [0, 0.05) is 17.9 Å². The molecule has 0 spiro atoms. The molecule has 0 rings (SSSR count). The van der Waals surface area contributed by atoms with Crippen LogP contribution in [0.15, 0.2) is 0 Å². The number of hydrogen-bond donors (Lipinski definition) is 18. The molecule has 0 aromatic carbocycles. The third-order valence-electron chi connectivity index (χ3n) is 8.65. The second kappa shape index (κ2) is 28.4. The van der Waals surface area contributed by atoms with Crippen molar-refractivity contribution in [1.82, 2.24) is 42.5 Å². The van der Waals surface area contributed by atoms with E-state index < -0.39 is 170 Å². The molecule has 0 heterocycles. The average molecular weight is 943 g/mol. The topological polar surface area (TPSA) is 457 Å². The maximum absolute atomic E-state index is 13.4. The van der Waals surface area contributed by atoms with Crippen molar-refractivity contribution < 1.29 is 83.4 Å². The minimum absolute atomic E-state index is 0.316. The van der Waals surface area contributed by atoms with Crippen LogP contribution in [-0.2, 0) is 52.7 Å². The van der Waals surface area contributed by atoms with Crippen LogP contribution in [-0.4, -0.2) is 187 Å². The van der Waals surface area contributed by atoms with E-state index in [1.165, 1.54) is 13.8 Å². The molecule has 0 unspecified atom stereocenters. The van der Waals surface area contributed by atoms with Gasteiger partial charge in [-0.15, -0.1) is 0 Å². The van der Waals surface area contributed by atoms with E-state index in [0.717, 1.165) is 13.8 Å². The van der Waals surface area contributed by atoms with Crippen LogP contribution in [0.5, 0.6) is 0 Å². The Hall–Kier alpha value is -5.33. The quantitative estimate of drug-likeness (QED) is 0.0310. The van der Waals surface area contributed by atoms with Gasteiger partial charge in [0.1, 0.15) is 48.3 Å². The molecule has 18 N–H and O–H groups in total. The lowest BCUT2D eigenvalue weighted by Gasteiger charge is -2.29. The molecular weight excluding hydrogens is 885 g/mol. The van der Waals surface area contributed by atoms with Crippen LogP contribution in [0.1, 0.15) is 47.0 Å². The number of amides is 9. The highest BCUT2D eigenvalue weighted by Gasteiger charge is 2.37. The molecule has 358 valence electrons. The molecular formula is C34H58N10O17S2. The Balaban J connectivity index is 6.09. The van der Waals surface area contributed by atoms with Gasteiger partial charge in [-0.05, 0) is 26.2 Å². The van der Waals surface area contributed by atoms with E-state index in [1.807, 2.05) is 5.32 Å². The molecule has 0 aliphatic carbocycles. The van der Waals surface area contributed by atoms with Crippen LogP contribution in [0, 0.1) is 5.92 Å². The summed E-state index contributed by atoms with van der Waals surface area (Å²) in [5, 5.41) is 76.0. The first-order valence-electron chi connectivity index (χ1n) is 19.0. The van der Waals surface area contributed by atoms with Crippen LogP contribution < -0.4 is 54.0 Å². The Bertz CT molecular complexity index is 1660. The summed E-state index contributed by atoms with van der Waals surface area (Å²) >= 11 is 7.78. The molecule has 0 saturated heterocycles. The minimum Gasteiger partial charge on any atom is -0.481 e. The summed E-state index contributed by atoms with van der Waals surface area (Å²) in [5.41, 5.74) is 10.7. The van der Waals surface area contributed by atoms with Gasteiger partial charge >= 0.3 is 11.9 Å². The van der Waals surface area contributed by atoms with E-state index in [4.69, 9.17) is 11.5 Å². The molecule has 0 aliphatic heterocycles. The zero-order valence-electron chi connectivity index (χ0n) is 34.6. The first-order valence-corrected chi connectivity index (χ1v) is 20.2. The monoisotopic (exact) mass is 942 g/mol. The van der Waals surface area contributed by atoms with Crippen molar-refractivity contribution in [2.24, 2.45) is 17.4 Å². The highest BCUT2D eigenvalue weighted by atomic mass is 32.1. The number of carbonyl (C=O) groups excluding carboxylic acids is 9. The number of primary amides is 1. The van der Waals surface area contributed by atoms with Crippen LogP contribution in [0.4, 0.5) is 0 Å². The molecule has 9 amide bonds. The average Bonchev–Trinajstić information content (AvgIpc) is 3.19. The van der Waals surface area contributed by atoms with Gasteiger partial charge in [0.25, 0.3) is 0 Å². The van der Waals surface area contributed by atoms with Gasteiger partial charge in [-0.25, -0.2) is 4.79 Å². The number of rotatable bonds is 29. The number of carboxylic acids is 2. The SMILES string of the molecule is CC(C)[C@H](NC(=O)[C@@H](N)CC(N)=O)C(=O)N[C@H](C(=O)N[C@@H](CO)C(=O)N[C@@H](CCC(=O)O)C(=O)N[C@@H](CO)C(=O)N[C@H](C(=O)N[C@@H](CS)C(=O)N[C@@H](CS)C(=O)O)[C@@H](C)O)[C@@H](C)O. The molecule has 11 atom stereocenters. The molecule has 63 heavy (non-hydrogen) atoms. The lowest BCUT2D eigenvalue weighted by atomic mass is 10.0. The fourth-order valence-corrected chi connectivity index (χ4v) is 5.56. The minimum atomic E-state index is -1.95. The summed E-state index contributed by atoms with van der Waals surface area (Å²) in [7, 11) is 0. The Kier molecular flexibility index (Phi) is 26.0. The smallest absolute Gasteiger partial charge is 0.327 e. The number of carboxylic acid groups (broad SMARTS) is 2. The molecule has 0 aliphatic rings. The van der Waals surface area contributed by atoms with E-state index in [0.29, 0.717) is 0 Å². The summed E-state index contributed by atoms with van der Waals surface area (Å²) in [6, 6.07) is -15.2. The second-order valence-corrected chi connectivity index (χ2v) is 15.0. The van der Waals surface area contributed by atoms with Crippen molar-refractivity contribution >= 4 is 90.4 Å². The van der Waals surface area contributed by atoms with Gasteiger partial charge in [0.15, 0.2) is 0 Å². The van der Waals surface area contributed by atoms with Crippen molar-refractivity contribution in [3.05, 3.63) is 0 Å². The van der Waals surface area contributed by atoms with Crippen molar-refractivity contribution in [3.63, 3.8) is 0 Å². The summed E-state index contributed by atoms with van der Waals surface area (Å²) < 4.78 is 0. The Morgan fingerprint density at radius 3 is 1.25 bits per heavy atom. The van der Waals surface area contributed by atoms with Gasteiger partial charge in [-0.1, -0.05) is 13.8 Å². The predicted molar refractivity (Wildman–Crippen MR) is 222 cm³/mol. The van der Waals surface area contributed by atoms with Crippen molar-refractivity contribution in [2.75, 3.05) is 24.7 Å². The zero-order valence-corrected chi connectivity index (χ0v) is 36.4. The van der Waals surface area contributed by atoms with Crippen molar-refractivity contribution in [2.45, 2.75) is 114 Å². The molecule has 27 nitrogen and oxygen atoms in total. The summed E-state index contributed by atoms with van der Waals surface area (Å²) in [4.78, 5) is 138. The van der Waals surface area contributed by atoms with Crippen LogP contribution in [0.2, 0.25) is 0 Å². The first kappa shape index (κ1) is 57.7. The number of aliphatic carboxylic acids is 2. The van der Waals surface area contributed by atoms with Crippen LogP contribution in [0.25, 0.3) is 0 Å². The highest BCUT2D eigenvalue weighted by Crippen LogP contribution is 2.07. The summed E-state index contributed by atoms with van der Waals surface area (Å²) in [6.07, 6.45) is -5.39. The van der Waals surface area contributed by atoms with Gasteiger partial charge < -0.3 is 84.6 Å². The third-order valence-corrected chi connectivity index (χ3v) is 9.38. The summed E-state index contributed by atoms with van der Waals surface area (Å²) in [6.45, 7) is 2.77. The third kappa shape index (κ3) is 20.2. The maximum Gasteiger partial charge on any atom is 0.327 e. The predicted octanol–water partition coefficient (Wildman–Crippen LogP) is -8.72. The van der Waals surface area contributed by atoms with E-state index >= 15 is 0 Å². The Labute approximate surface area is 371 Å². The van der Waals surface area contributed by atoms with E-state index in [1.54, 1.807) is 0 Å². The standard InChI is InChI=1S/C34H58N10O17S2/c1-12(2)23(42-26(52)15(35)7-21(36)49)31(57)44-25(14(4)48)32(58)39-17(8-45)28(54)37-16(5-6-22(50)51)27(53)38-18(9-46)29(55)43-24(13(3)47)33(59)40-19(10-62)30(56)41-20(11-63)34(60)61/h12-20,23-25,45-48,62-63H,5-11,35H2,1-4H3,(H2,36,49)(H,37,54)(H,38,53)(H,39,58)(H,40,59)(H,41,56)(H,42,52)(H,43,55)(H,44,57)(H,50,51)(H,60,61)/t13-,14-,15+,16+,17+,18+,19+,20+,23+,24+,25+/m1/s1. The number of nitrogens with two attached hydrogens (primary N) is 2. The molecule has 0 fully saturated rings. The van der Waals surface area contributed by atoms with Gasteiger partial charge in [0.05, 0.1) is 37.9 Å². The number of aliphatic hydroxyl groups excluding tert-OH is 4. The number of hydrogen-bond acceptors (Lipinski definition) is 18. The highest BCUT2D eigenvalue weighted by molar-refractivity contribution is 7.80. The molecule has 0 bridgehead atoms. The van der Waals surface area contributed by atoms with E-state index in [-0.39, 0.29) is 11.5 Å². The summed E-state index contributed by atoms with van der Waals surface area (Å²) in [5.74, 6) is -14.5. The normalized spacial score (nSPS) is 16.3. The second-order valence-electron chi connectivity index (χ2n) is 14.3. The number of carbonyl (C=O) groups is 11. The lowest BCUT2D eigenvalue weighted by Crippen LogP contribution is -2.63. The molecule has 29 heteroatoms. The molecule has 0 aromatic heterocycles.